The van der Waals surface area contributed by atoms with Crippen LogP contribution in [0.25, 0.3) is 11.1 Å². The van der Waals surface area contributed by atoms with Crippen molar-refractivity contribution in [2.24, 2.45) is 0 Å². The number of halogens is 1. The molecular weight excluding hydrogens is 270 g/mol. The van der Waals surface area contributed by atoms with E-state index in [0.717, 1.165) is 35.8 Å². The summed E-state index contributed by atoms with van der Waals surface area (Å²) in [5, 5.41) is 4.20. The molecule has 0 bridgehead atoms. The molecule has 0 aliphatic carbocycles. The third-order valence-corrected chi connectivity index (χ3v) is 3.45. The molecule has 0 radical (unpaired) electrons. The first-order chi connectivity index (χ1) is 9.74. The van der Waals surface area contributed by atoms with Crippen LogP contribution in [0.1, 0.15) is 18.9 Å². The lowest BCUT2D eigenvalue weighted by Crippen LogP contribution is -2.14. The fourth-order valence-corrected chi connectivity index (χ4v) is 2.31. The van der Waals surface area contributed by atoms with Crippen LogP contribution >= 0.6 is 11.6 Å². The predicted octanol–water partition coefficient (Wildman–Crippen LogP) is 4.52. The van der Waals surface area contributed by atoms with Gasteiger partial charge in [0.15, 0.2) is 0 Å². The SMILES string of the molecule is CCCNCc1ccc(Cl)cc1-c1ccc(OC)cc1. The van der Waals surface area contributed by atoms with Gasteiger partial charge in [0.25, 0.3) is 0 Å². The van der Waals surface area contributed by atoms with Crippen molar-refractivity contribution in [3.8, 4) is 16.9 Å². The van der Waals surface area contributed by atoms with E-state index in [1.807, 2.05) is 24.3 Å². The highest BCUT2D eigenvalue weighted by molar-refractivity contribution is 6.30. The third kappa shape index (κ3) is 3.75. The number of hydrogen-bond donors (Lipinski definition) is 1. The Bertz CT molecular complexity index is 551. The average molecular weight is 290 g/mol. The Hall–Kier alpha value is -1.51. The molecule has 2 rings (SSSR count). The Morgan fingerprint density at radius 3 is 2.50 bits per heavy atom. The lowest BCUT2D eigenvalue weighted by Gasteiger charge is -2.12. The Morgan fingerprint density at radius 1 is 1.10 bits per heavy atom. The van der Waals surface area contributed by atoms with E-state index in [-0.39, 0.29) is 0 Å². The van der Waals surface area contributed by atoms with Crippen molar-refractivity contribution >= 4 is 11.6 Å². The minimum atomic E-state index is 0.759. The number of methoxy groups -OCH3 is 1. The van der Waals surface area contributed by atoms with E-state index < -0.39 is 0 Å². The number of ether oxygens (including phenoxy) is 1. The Morgan fingerprint density at radius 2 is 1.85 bits per heavy atom. The van der Waals surface area contributed by atoms with E-state index in [2.05, 4.69) is 30.4 Å². The van der Waals surface area contributed by atoms with Crippen LogP contribution in [0.2, 0.25) is 5.02 Å². The largest absolute Gasteiger partial charge is 0.497 e. The number of hydrogen-bond acceptors (Lipinski definition) is 2. The van der Waals surface area contributed by atoms with Crippen molar-refractivity contribution < 1.29 is 4.74 Å². The van der Waals surface area contributed by atoms with E-state index in [1.165, 1.54) is 11.1 Å². The Balaban J connectivity index is 2.29. The first kappa shape index (κ1) is 14.9. The van der Waals surface area contributed by atoms with Gasteiger partial charge in [-0.25, -0.2) is 0 Å². The van der Waals surface area contributed by atoms with Crippen LogP contribution in [0.3, 0.4) is 0 Å². The van der Waals surface area contributed by atoms with Crippen molar-refractivity contribution in [1.82, 2.24) is 5.32 Å². The topological polar surface area (TPSA) is 21.3 Å². The molecule has 2 nitrogen and oxygen atoms in total. The van der Waals surface area contributed by atoms with E-state index >= 15 is 0 Å². The van der Waals surface area contributed by atoms with Crippen LogP contribution in [0, 0.1) is 0 Å². The molecule has 2 aromatic carbocycles. The monoisotopic (exact) mass is 289 g/mol. The van der Waals surface area contributed by atoms with Crippen LogP contribution in [0.15, 0.2) is 42.5 Å². The summed E-state index contributed by atoms with van der Waals surface area (Å²) < 4.78 is 5.20. The second-order valence-electron chi connectivity index (χ2n) is 4.71. The average Bonchev–Trinajstić information content (AvgIpc) is 2.49. The molecule has 3 heteroatoms. The summed E-state index contributed by atoms with van der Waals surface area (Å²) >= 11 is 6.14. The predicted molar refractivity (Wildman–Crippen MR) is 85.4 cm³/mol. The first-order valence-electron chi connectivity index (χ1n) is 6.88. The van der Waals surface area contributed by atoms with Crippen molar-refractivity contribution in [2.45, 2.75) is 19.9 Å². The molecule has 106 valence electrons. The van der Waals surface area contributed by atoms with Crippen LogP contribution < -0.4 is 10.1 Å². The smallest absolute Gasteiger partial charge is 0.118 e. The van der Waals surface area contributed by atoms with E-state index in [4.69, 9.17) is 16.3 Å². The molecule has 0 amide bonds. The summed E-state index contributed by atoms with van der Waals surface area (Å²) in [6.45, 7) is 4.04. The molecule has 0 fully saturated rings. The molecule has 0 aliphatic heterocycles. The molecule has 2 aromatic rings. The summed E-state index contributed by atoms with van der Waals surface area (Å²) in [4.78, 5) is 0. The highest BCUT2D eigenvalue weighted by Gasteiger charge is 2.06. The normalized spacial score (nSPS) is 10.6. The lowest BCUT2D eigenvalue weighted by atomic mass is 9.99. The number of nitrogens with one attached hydrogen (secondary N) is 1. The van der Waals surface area contributed by atoms with E-state index in [1.54, 1.807) is 7.11 Å². The fourth-order valence-electron chi connectivity index (χ4n) is 2.14. The zero-order valence-corrected chi connectivity index (χ0v) is 12.7. The summed E-state index contributed by atoms with van der Waals surface area (Å²) in [5.41, 5.74) is 3.58. The van der Waals surface area contributed by atoms with Gasteiger partial charge < -0.3 is 10.1 Å². The first-order valence-corrected chi connectivity index (χ1v) is 7.26. The van der Waals surface area contributed by atoms with Crippen LogP contribution in [0.4, 0.5) is 0 Å². The maximum absolute atomic E-state index is 6.14. The minimum Gasteiger partial charge on any atom is -0.497 e. The molecule has 0 spiro atoms. The van der Waals surface area contributed by atoms with E-state index in [0.29, 0.717) is 0 Å². The quantitative estimate of drug-likeness (QED) is 0.790. The second-order valence-corrected chi connectivity index (χ2v) is 5.14. The highest BCUT2D eigenvalue weighted by atomic mass is 35.5. The van der Waals surface area contributed by atoms with Crippen molar-refractivity contribution in [3.05, 3.63) is 53.1 Å². The molecule has 0 aliphatic rings. The summed E-state index contributed by atoms with van der Waals surface area (Å²) in [5.74, 6) is 0.862. The molecule has 0 heterocycles. The van der Waals surface area contributed by atoms with Gasteiger partial charge in [-0.2, -0.15) is 0 Å². The van der Waals surface area contributed by atoms with Gasteiger partial charge in [0.05, 0.1) is 7.11 Å². The maximum Gasteiger partial charge on any atom is 0.118 e. The van der Waals surface area contributed by atoms with Crippen LogP contribution in [-0.2, 0) is 6.54 Å². The Labute approximate surface area is 125 Å². The molecule has 0 saturated carbocycles. The maximum atomic E-state index is 6.14. The molecular formula is C17H20ClNO. The molecule has 0 aromatic heterocycles. The fraction of sp³-hybridized carbons (Fsp3) is 0.294. The van der Waals surface area contributed by atoms with Gasteiger partial charge in [-0.1, -0.05) is 36.7 Å². The van der Waals surface area contributed by atoms with Gasteiger partial charge in [0, 0.05) is 11.6 Å². The Kier molecular flexibility index (Phi) is 5.45. The molecule has 0 atom stereocenters. The standard InChI is InChI=1S/C17H20ClNO/c1-3-10-19-12-14-4-7-15(18)11-17(14)13-5-8-16(20-2)9-6-13/h4-9,11,19H,3,10,12H2,1-2H3. The molecule has 20 heavy (non-hydrogen) atoms. The summed E-state index contributed by atoms with van der Waals surface area (Å²) in [6.07, 6.45) is 1.13. The minimum absolute atomic E-state index is 0.759. The van der Waals surface area contributed by atoms with Crippen molar-refractivity contribution in [3.63, 3.8) is 0 Å². The van der Waals surface area contributed by atoms with Crippen molar-refractivity contribution in [2.75, 3.05) is 13.7 Å². The van der Waals surface area contributed by atoms with E-state index in [9.17, 15) is 0 Å². The van der Waals surface area contributed by atoms with Gasteiger partial charge in [-0.05, 0) is 53.9 Å². The van der Waals surface area contributed by atoms with Gasteiger partial charge in [-0.15, -0.1) is 0 Å². The molecule has 1 N–H and O–H groups in total. The van der Waals surface area contributed by atoms with Gasteiger partial charge in [0.1, 0.15) is 5.75 Å². The number of benzene rings is 2. The van der Waals surface area contributed by atoms with Gasteiger partial charge in [-0.3, -0.25) is 0 Å². The highest BCUT2D eigenvalue weighted by Crippen LogP contribution is 2.28. The molecule has 0 unspecified atom stereocenters. The zero-order valence-electron chi connectivity index (χ0n) is 11.9. The molecule has 0 saturated heterocycles. The third-order valence-electron chi connectivity index (χ3n) is 3.22. The second kappa shape index (κ2) is 7.32. The van der Waals surface area contributed by atoms with Crippen LogP contribution in [-0.4, -0.2) is 13.7 Å². The number of rotatable bonds is 6. The van der Waals surface area contributed by atoms with Crippen molar-refractivity contribution in [1.29, 1.82) is 0 Å². The van der Waals surface area contributed by atoms with Crippen LogP contribution in [0.5, 0.6) is 5.75 Å². The lowest BCUT2D eigenvalue weighted by molar-refractivity contribution is 0.415. The zero-order chi connectivity index (χ0) is 14.4. The summed E-state index contributed by atoms with van der Waals surface area (Å²) in [7, 11) is 1.68. The van der Waals surface area contributed by atoms with Gasteiger partial charge in [0.2, 0.25) is 0 Å². The van der Waals surface area contributed by atoms with Gasteiger partial charge >= 0.3 is 0 Å². The summed E-state index contributed by atoms with van der Waals surface area (Å²) in [6, 6.07) is 14.1.